The van der Waals surface area contributed by atoms with Gasteiger partial charge in [-0.15, -0.1) is 0 Å². The zero-order valence-corrected chi connectivity index (χ0v) is 12.9. The van der Waals surface area contributed by atoms with E-state index in [1.54, 1.807) is 13.8 Å². The van der Waals surface area contributed by atoms with Crippen molar-refractivity contribution in [2.45, 2.75) is 32.7 Å². The van der Waals surface area contributed by atoms with Crippen molar-refractivity contribution in [3.05, 3.63) is 32.7 Å². The normalized spacial score (nSPS) is 15.2. The third kappa shape index (κ3) is 4.73. The average molecular weight is 330 g/mol. The standard InChI is InChI=1S/C11H17F3N2O4S/c1-5-7(2)8(3)9(10(15-4)16(17)18)6-21(19,20)11(12,13)14/h15H,5-6H2,1-4H3/b8-7+,10-9+. The van der Waals surface area contributed by atoms with Crippen LogP contribution in [-0.4, -0.2) is 31.6 Å². The maximum Gasteiger partial charge on any atom is 0.497 e. The summed E-state index contributed by atoms with van der Waals surface area (Å²) in [6.45, 7) is 4.64. The van der Waals surface area contributed by atoms with Gasteiger partial charge in [0.2, 0.25) is 0 Å². The fourth-order valence-electron chi connectivity index (χ4n) is 1.50. The predicted octanol–water partition coefficient (Wildman–Crippen LogP) is 2.38. The van der Waals surface area contributed by atoms with E-state index >= 15 is 0 Å². The van der Waals surface area contributed by atoms with Crippen molar-refractivity contribution in [2.24, 2.45) is 0 Å². The van der Waals surface area contributed by atoms with Gasteiger partial charge in [-0.2, -0.15) is 13.2 Å². The van der Waals surface area contributed by atoms with Gasteiger partial charge in [0.25, 0.3) is 9.84 Å². The molecule has 0 amide bonds. The lowest BCUT2D eigenvalue weighted by Crippen LogP contribution is -2.30. The van der Waals surface area contributed by atoms with Gasteiger partial charge in [-0.3, -0.25) is 5.32 Å². The quantitative estimate of drug-likeness (QED) is 0.459. The van der Waals surface area contributed by atoms with E-state index in [9.17, 15) is 31.7 Å². The predicted molar refractivity (Wildman–Crippen MR) is 71.6 cm³/mol. The second-order valence-electron chi connectivity index (χ2n) is 4.30. The monoisotopic (exact) mass is 330 g/mol. The molecule has 0 spiro atoms. The zero-order chi connectivity index (χ0) is 17.0. The third-order valence-electron chi connectivity index (χ3n) is 3.02. The summed E-state index contributed by atoms with van der Waals surface area (Å²) >= 11 is 0. The van der Waals surface area contributed by atoms with Crippen molar-refractivity contribution >= 4 is 9.84 Å². The lowest BCUT2D eigenvalue weighted by atomic mass is 10.0. The van der Waals surface area contributed by atoms with Gasteiger partial charge in [0, 0.05) is 0 Å². The average Bonchev–Trinajstić information content (AvgIpc) is 2.34. The molecule has 0 aromatic carbocycles. The first-order valence-electron chi connectivity index (χ1n) is 5.90. The molecule has 0 unspecified atom stereocenters. The molecule has 6 nitrogen and oxygen atoms in total. The first-order chi connectivity index (χ1) is 9.39. The van der Waals surface area contributed by atoms with Gasteiger partial charge in [-0.05, 0) is 30.8 Å². The molecule has 0 atom stereocenters. The van der Waals surface area contributed by atoms with E-state index in [0.717, 1.165) is 7.05 Å². The van der Waals surface area contributed by atoms with Crippen LogP contribution in [0.5, 0.6) is 0 Å². The van der Waals surface area contributed by atoms with Gasteiger partial charge < -0.3 is 10.1 Å². The van der Waals surface area contributed by atoms with Gasteiger partial charge in [0.05, 0.1) is 18.4 Å². The molecule has 0 fully saturated rings. The number of rotatable bonds is 6. The second-order valence-corrected chi connectivity index (χ2v) is 6.28. The van der Waals surface area contributed by atoms with Crippen LogP contribution in [0, 0.1) is 10.1 Å². The van der Waals surface area contributed by atoms with Crippen LogP contribution < -0.4 is 5.32 Å². The Morgan fingerprint density at radius 1 is 1.29 bits per heavy atom. The van der Waals surface area contributed by atoms with Gasteiger partial charge in [0.1, 0.15) is 0 Å². The molecule has 0 aromatic rings. The Morgan fingerprint density at radius 3 is 2.05 bits per heavy atom. The SMILES string of the molecule is CC/C(C)=C(C)/C(CS(=O)(=O)C(F)(F)F)=C(\NC)[N+](=O)[O-]. The molecule has 0 radical (unpaired) electrons. The van der Waals surface area contributed by atoms with Crippen LogP contribution in [0.2, 0.25) is 0 Å². The molecule has 122 valence electrons. The van der Waals surface area contributed by atoms with Crippen LogP contribution in [0.1, 0.15) is 27.2 Å². The maximum atomic E-state index is 12.5. The third-order valence-corrected chi connectivity index (χ3v) is 4.39. The van der Waals surface area contributed by atoms with Crippen LogP contribution in [0.3, 0.4) is 0 Å². The molecule has 0 saturated carbocycles. The summed E-state index contributed by atoms with van der Waals surface area (Å²) in [6, 6.07) is 0. The number of hydrogen-bond donors (Lipinski definition) is 1. The number of hydrogen-bond acceptors (Lipinski definition) is 5. The van der Waals surface area contributed by atoms with Gasteiger partial charge in [-0.1, -0.05) is 12.5 Å². The van der Waals surface area contributed by atoms with E-state index in [1.807, 2.05) is 0 Å². The molecule has 0 aliphatic carbocycles. The summed E-state index contributed by atoms with van der Waals surface area (Å²) < 4.78 is 60.1. The van der Waals surface area contributed by atoms with Crippen molar-refractivity contribution in [3.63, 3.8) is 0 Å². The molecule has 0 heterocycles. The van der Waals surface area contributed by atoms with Gasteiger partial charge in [-0.25, -0.2) is 8.42 Å². The molecule has 21 heavy (non-hydrogen) atoms. The number of nitrogens with zero attached hydrogens (tertiary/aromatic N) is 1. The van der Waals surface area contributed by atoms with Crippen LogP contribution in [0.25, 0.3) is 0 Å². The maximum absolute atomic E-state index is 12.5. The Morgan fingerprint density at radius 2 is 1.76 bits per heavy atom. The summed E-state index contributed by atoms with van der Waals surface area (Å²) in [5, 5.41) is 13.1. The highest BCUT2D eigenvalue weighted by molar-refractivity contribution is 7.92. The summed E-state index contributed by atoms with van der Waals surface area (Å²) in [4.78, 5) is 9.97. The Balaban J connectivity index is 6.21. The van der Waals surface area contributed by atoms with E-state index in [4.69, 9.17) is 0 Å². The highest BCUT2D eigenvalue weighted by Crippen LogP contribution is 2.29. The van der Waals surface area contributed by atoms with Crippen molar-refractivity contribution < 1.29 is 26.5 Å². The zero-order valence-electron chi connectivity index (χ0n) is 12.0. The van der Waals surface area contributed by atoms with Crippen LogP contribution in [0.4, 0.5) is 13.2 Å². The Bertz CT molecular complexity index is 577. The van der Waals surface area contributed by atoms with E-state index in [0.29, 0.717) is 12.0 Å². The Labute approximate surface area is 120 Å². The lowest BCUT2D eigenvalue weighted by molar-refractivity contribution is -0.432. The smallest absolute Gasteiger partial charge is 0.358 e. The lowest BCUT2D eigenvalue weighted by Gasteiger charge is -2.14. The number of nitrogens with one attached hydrogen (secondary N) is 1. The molecule has 0 bridgehead atoms. The molecule has 0 aliphatic heterocycles. The molecular weight excluding hydrogens is 313 g/mol. The summed E-state index contributed by atoms with van der Waals surface area (Å²) in [6.07, 6.45) is 0.427. The number of nitro groups is 1. The van der Waals surface area contributed by atoms with Gasteiger partial charge in [0.15, 0.2) is 0 Å². The largest absolute Gasteiger partial charge is 0.497 e. The molecule has 10 heteroatoms. The first kappa shape index (κ1) is 19.4. The molecule has 0 saturated heterocycles. The van der Waals surface area contributed by atoms with Gasteiger partial charge >= 0.3 is 11.3 Å². The topological polar surface area (TPSA) is 89.3 Å². The number of sulfone groups is 1. The number of alkyl halides is 3. The van der Waals surface area contributed by atoms with Crippen LogP contribution in [-0.2, 0) is 9.84 Å². The summed E-state index contributed by atoms with van der Waals surface area (Å²) in [7, 11) is -4.36. The van der Waals surface area contributed by atoms with E-state index in [2.05, 4.69) is 5.32 Å². The number of halogens is 3. The summed E-state index contributed by atoms with van der Waals surface area (Å²) in [5.74, 6) is -2.23. The van der Waals surface area contributed by atoms with Crippen molar-refractivity contribution in [3.8, 4) is 0 Å². The Hall–Kier alpha value is -1.58. The van der Waals surface area contributed by atoms with Crippen LogP contribution >= 0.6 is 0 Å². The second kappa shape index (κ2) is 6.92. The molecule has 0 aliphatic rings. The van der Waals surface area contributed by atoms with E-state index < -0.39 is 37.4 Å². The van der Waals surface area contributed by atoms with E-state index in [-0.39, 0.29) is 5.57 Å². The fourth-order valence-corrected chi connectivity index (χ4v) is 2.40. The summed E-state index contributed by atoms with van der Waals surface area (Å²) in [5.41, 5.74) is -5.23. The first-order valence-corrected chi connectivity index (χ1v) is 7.55. The fraction of sp³-hybridized carbons (Fsp3) is 0.636. The van der Waals surface area contributed by atoms with Crippen LogP contribution in [0.15, 0.2) is 22.5 Å². The van der Waals surface area contributed by atoms with Crippen molar-refractivity contribution in [2.75, 3.05) is 12.8 Å². The van der Waals surface area contributed by atoms with Crippen molar-refractivity contribution in [1.82, 2.24) is 5.32 Å². The minimum Gasteiger partial charge on any atom is -0.358 e. The highest BCUT2D eigenvalue weighted by Gasteiger charge is 2.46. The minimum absolute atomic E-state index is 0.159. The number of allylic oxidation sites excluding steroid dienone is 2. The minimum atomic E-state index is -5.51. The van der Waals surface area contributed by atoms with Crippen molar-refractivity contribution in [1.29, 1.82) is 0 Å². The molecular formula is C11H17F3N2O4S. The molecule has 0 rings (SSSR count). The van der Waals surface area contributed by atoms with E-state index in [1.165, 1.54) is 6.92 Å². The highest BCUT2D eigenvalue weighted by atomic mass is 32.2. The molecule has 0 aromatic heterocycles. The Kier molecular flexibility index (Phi) is 6.40. The molecule has 1 N–H and O–H groups in total.